The highest BCUT2D eigenvalue weighted by atomic mass is 19.1. The molecule has 1 aromatic carbocycles. The van der Waals surface area contributed by atoms with Crippen molar-refractivity contribution in [2.24, 2.45) is 5.73 Å². The number of rotatable bonds is 7. The number of hydrogen-bond acceptors (Lipinski definition) is 4. The van der Waals surface area contributed by atoms with Crippen LogP contribution in [0.4, 0.5) is 4.39 Å². The molecule has 0 fully saturated rings. The lowest BCUT2D eigenvalue weighted by Gasteiger charge is -2.10. The molecule has 0 aliphatic heterocycles. The Morgan fingerprint density at radius 1 is 1.35 bits per heavy atom. The second kappa shape index (κ2) is 7.21. The van der Waals surface area contributed by atoms with Gasteiger partial charge in [-0.05, 0) is 13.0 Å². The molecular weight excluding hydrogens is 225 g/mol. The Morgan fingerprint density at radius 3 is 2.71 bits per heavy atom. The smallest absolute Gasteiger partial charge is 0.131 e. The third kappa shape index (κ3) is 4.68. The second-order valence-electron chi connectivity index (χ2n) is 3.66. The summed E-state index contributed by atoms with van der Waals surface area (Å²) in [6.07, 6.45) is 0. The van der Waals surface area contributed by atoms with Gasteiger partial charge in [-0.25, -0.2) is 4.39 Å². The van der Waals surface area contributed by atoms with Crippen LogP contribution in [0.25, 0.3) is 0 Å². The minimum Gasteiger partial charge on any atom is -0.491 e. The van der Waals surface area contributed by atoms with Gasteiger partial charge in [-0.3, -0.25) is 0 Å². The molecule has 0 spiro atoms. The van der Waals surface area contributed by atoms with Crippen molar-refractivity contribution >= 4 is 0 Å². The Balaban J connectivity index is 2.42. The normalized spacial score (nSPS) is 12.5. The topological polar surface area (TPSA) is 64.7 Å². The molecular formula is C12H18FNO3. The highest BCUT2D eigenvalue weighted by Crippen LogP contribution is 2.20. The van der Waals surface area contributed by atoms with Crippen LogP contribution in [-0.4, -0.2) is 31.5 Å². The first kappa shape index (κ1) is 13.9. The molecule has 0 radical (unpaired) electrons. The van der Waals surface area contributed by atoms with E-state index in [0.29, 0.717) is 24.5 Å². The van der Waals surface area contributed by atoms with Gasteiger partial charge in [0, 0.05) is 17.7 Å². The van der Waals surface area contributed by atoms with Crippen molar-refractivity contribution in [3.63, 3.8) is 0 Å². The maximum atomic E-state index is 13.5. The monoisotopic (exact) mass is 243 g/mol. The Kier molecular flexibility index (Phi) is 5.90. The zero-order valence-electron chi connectivity index (χ0n) is 9.86. The molecule has 1 aromatic rings. The molecule has 1 unspecified atom stereocenters. The van der Waals surface area contributed by atoms with E-state index >= 15 is 0 Å². The van der Waals surface area contributed by atoms with E-state index < -0.39 is 0 Å². The van der Waals surface area contributed by atoms with Crippen molar-refractivity contribution in [3.8, 4) is 5.75 Å². The van der Waals surface area contributed by atoms with Crippen molar-refractivity contribution < 1.29 is 19.0 Å². The van der Waals surface area contributed by atoms with E-state index in [1.54, 1.807) is 19.1 Å². The summed E-state index contributed by atoms with van der Waals surface area (Å²) in [6, 6.07) is 4.26. The molecule has 1 rings (SSSR count). The van der Waals surface area contributed by atoms with Crippen molar-refractivity contribution in [1.82, 2.24) is 0 Å². The van der Waals surface area contributed by atoms with E-state index in [1.165, 1.54) is 6.07 Å². The summed E-state index contributed by atoms with van der Waals surface area (Å²) in [7, 11) is 0. The average molecular weight is 243 g/mol. The first-order chi connectivity index (χ1) is 8.15. The van der Waals surface area contributed by atoms with Crippen molar-refractivity contribution in [3.05, 3.63) is 29.6 Å². The molecule has 4 nitrogen and oxygen atoms in total. The molecule has 1 atom stereocenters. The zero-order chi connectivity index (χ0) is 12.7. The van der Waals surface area contributed by atoms with Crippen LogP contribution in [0, 0.1) is 5.82 Å². The van der Waals surface area contributed by atoms with Gasteiger partial charge in [-0.2, -0.15) is 0 Å². The fourth-order valence-corrected chi connectivity index (χ4v) is 1.35. The summed E-state index contributed by atoms with van der Waals surface area (Å²) in [5.74, 6) is 0.0771. The van der Waals surface area contributed by atoms with E-state index in [1.807, 2.05) is 0 Å². The summed E-state index contributed by atoms with van der Waals surface area (Å²) in [6.45, 7) is 2.66. The highest BCUT2D eigenvalue weighted by molar-refractivity contribution is 5.30. The highest BCUT2D eigenvalue weighted by Gasteiger charge is 2.07. The maximum Gasteiger partial charge on any atom is 0.131 e. The molecule has 0 aliphatic carbocycles. The molecule has 96 valence electrons. The minimum atomic E-state index is -0.367. The number of benzene rings is 1. The number of nitrogens with two attached hydrogens (primary N) is 1. The van der Waals surface area contributed by atoms with Crippen LogP contribution in [0.3, 0.4) is 0 Å². The van der Waals surface area contributed by atoms with Crippen LogP contribution in [0.2, 0.25) is 0 Å². The molecule has 0 aliphatic rings. The SMILES string of the molecule is CC(N)c1ccc(OCCOCCO)cc1F. The van der Waals surface area contributed by atoms with Crippen LogP contribution in [-0.2, 0) is 4.74 Å². The van der Waals surface area contributed by atoms with Gasteiger partial charge < -0.3 is 20.3 Å². The third-order valence-electron chi connectivity index (χ3n) is 2.19. The number of ether oxygens (including phenoxy) is 2. The first-order valence-electron chi connectivity index (χ1n) is 5.51. The van der Waals surface area contributed by atoms with Gasteiger partial charge in [0.2, 0.25) is 0 Å². The van der Waals surface area contributed by atoms with E-state index in [0.717, 1.165) is 0 Å². The van der Waals surface area contributed by atoms with Crippen LogP contribution < -0.4 is 10.5 Å². The van der Waals surface area contributed by atoms with Gasteiger partial charge in [0.1, 0.15) is 18.2 Å². The quantitative estimate of drug-likeness (QED) is 0.707. The van der Waals surface area contributed by atoms with Crippen LogP contribution in [0.15, 0.2) is 18.2 Å². The van der Waals surface area contributed by atoms with Crippen LogP contribution >= 0.6 is 0 Å². The number of aliphatic hydroxyl groups is 1. The van der Waals surface area contributed by atoms with Gasteiger partial charge in [-0.1, -0.05) is 6.07 Å². The van der Waals surface area contributed by atoms with Crippen LogP contribution in [0.5, 0.6) is 5.75 Å². The Morgan fingerprint density at radius 2 is 2.12 bits per heavy atom. The zero-order valence-corrected chi connectivity index (χ0v) is 9.86. The average Bonchev–Trinajstić information content (AvgIpc) is 2.28. The molecule has 17 heavy (non-hydrogen) atoms. The fourth-order valence-electron chi connectivity index (χ4n) is 1.35. The minimum absolute atomic E-state index is 0.0162. The van der Waals surface area contributed by atoms with Gasteiger partial charge in [0.15, 0.2) is 0 Å². The lowest BCUT2D eigenvalue weighted by Crippen LogP contribution is -2.10. The molecule has 0 saturated carbocycles. The largest absolute Gasteiger partial charge is 0.491 e. The third-order valence-corrected chi connectivity index (χ3v) is 2.19. The molecule has 0 bridgehead atoms. The summed E-state index contributed by atoms with van der Waals surface area (Å²) >= 11 is 0. The number of aliphatic hydroxyl groups excluding tert-OH is 1. The van der Waals surface area contributed by atoms with Gasteiger partial charge in [0.05, 0.1) is 19.8 Å². The lowest BCUT2D eigenvalue weighted by atomic mass is 10.1. The molecule has 5 heteroatoms. The standard InChI is InChI=1S/C12H18FNO3/c1-9(14)11-3-2-10(8-12(11)13)17-7-6-16-5-4-15/h2-3,8-9,15H,4-7,14H2,1H3. The fraction of sp³-hybridized carbons (Fsp3) is 0.500. The summed E-state index contributed by atoms with van der Waals surface area (Å²) in [4.78, 5) is 0. The molecule has 3 N–H and O–H groups in total. The summed E-state index contributed by atoms with van der Waals surface area (Å²) in [5.41, 5.74) is 6.06. The maximum absolute atomic E-state index is 13.5. The van der Waals surface area contributed by atoms with Crippen molar-refractivity contribution in [2.75, 3.05) is 26.4 Å². The van der Waals surface area contributed by atoms with E-state index in [9.17, 15) is 4.39 Å². The number of hydrogen-bond donors (Lipinski definition) is 2. The number of halogens is 1. The first-order valence-corrected chi connectivity index (χ1v) is 5.51. The molecule has 0 amide bonds. The van der Waals surface area contributed by atoms with Gasteiger partial charge in [-0.15, -0.1) is 0 Å². The Labute approximate surface area is 100 Å². The van der Waals surface area contributed by atoms with E-state index in [-0.39, 0.29) is 25.1 Å². The van der Waals surface area contributed by atoms with Gasteiger partial charge >= 0.3 is 0 Å². The Bertz CT molecular complexity index is 345. The molecule has 0 heterocycles. The molecule has 0 saturated heterocycles. The second-order valence-corrected chi connectivity index (χ2v) is 3.66. The van der Waals surface area contributed by atoms with Gasteiger partial charge in [0.25, 0.3) is 0 Å². The predicted molar refractivity (Wildman–Crippen MR) is 62.4 cm³/mol. The lowest BCUT2D eigenvalue weighted by molar-refractivity contribution is 0.0704. The summed E-state index contributed by atoms with van der Waals surface area (Å²) in [5, 5.41) is 8.47. The van der Waals surface area contributed by atoms with Crippen LogP contribution in [0.1, 0.15) is 18.5 Å². The van der Waals surface area contributed by atoms with Crippen molar-refractivity contribution in [2.45, 2.75) is 13.0 Å². The van der Waals surface area contributed by atoms with E-state index in [4.69, 9.17) is 20.3 Å². The van der Waals surface area contributed by atoms with Crippen molar-refractivity contribution in [1.29, 1.82) is 0 Å². The Hall–Kier alpha value is -1.17. The van der Waals surface area contributed by atoms with E-state index in [2.05, 4.69) is 0 Å². The summed E-state index contributed by atoms with van der Waals surface area (Å²) < 4.78 is 23.8. The molecule has 0 aromatic heterocycles. The predicted octanol–water partition coefficient (Wildman–Crippen LogP) is 1.23.